The SMILES string of the molecule is C=CC(=O)C[C@H]1CCOC[C@H]1Nc1ncc2cc(-c3c(Cl)c(OC)cc(OC)c3Cl)nc(NCCO)c2n1. The molecule has 1 aliphatic rings. The van der Waals surface area contributed by atoms with Crippen molar-refractivity contribution in [2.75, 3.05) is 51.2 Å². The largest absolute Gasteiger partial charge is 0.495 e. The number of benzene rings is 1. The number of aromatic nitrogens is 3. The van der Waals surface area contributed by atoms with E-state index in [-0.39, 0.29) is 40.9 Å². The van der Waals surface area contributed by atoms with Crippen molar-refractivity contribution >= 4 is 51.7 Å². The number of ketones is 1. The lowest BCUT2D eigenvalue weighted by Crippen LogP contribution is -2.40. The van der Waals surface area contributed by atoms with Crippen LogP contribution in [0.4, 0.5) is 11.8 Å². The van der Waals surface area contributed by atoms with E-state index in [1.165, 1.54) is 20.3 Å². The highest BCUT2D eigenvalue weighted by atomic mass is 35.5. The van der Waals surface area contributed by atoms with E-state index in [1.54, 1.807) is 18.3 Å². The van der Waals surface area contributed by atoms with Crippen LogP contribution < -0.4 is 20.1 Å². The molecule has 2 aromatic heterocycles. The minimum Gasteiger partial charge on any atom is -0.495 e. The third kappa shape index (κ3) is 5.94. The molecule has 0 aliphatic carbocycles. The number of hydrogen-bond donors (Lipinski definition) is 3. The van der Waals surface area contributed by atoms with Crippen molar-refractivity contribution in [3.8, 4) is 22.8 Å². The van der Waals surface area contributed by atoms with E-state index in [0.29, 0.717) is 65.1 Å². The molecule has 0 radical (unpaired) electrons. The Morgan fingerprint density at radius 1 is 1.24 bits per heavy atom. The average Bonchev–Trinajstić information content (AvgIpc) is 2.93. The van der Waals surface area contributed by atoms with Gasteiger partial charge < -0.3 is 30.0 Å². The van der Waals surface area contributed by atoms with E-state index >= 15 is 0 Å². The summed E-state index contributed by atoms with van der Waals surface area (Å²) in [6.07, 6.45) is 4.12. The van der Waals surface area contributed by atoms with Crippen LogP contribution in [0.15, 0.2) is 31.0 Å². The first-order valence-corrected chi connectivity index (χ1v) is 12.8. The van der Waals surface area contributed by atoms with Crippen molar-refractivity contribution in [3.05, 3.63) is 41.0 Å². The number of allylic oxidation sites excluding steroid dienone is 1. The van der Waals surface area contributed by atoms with Crippen LogP contribution in [0.5, 0.6) is 11.5 Å². The number of carbonyl (C=O) groups excluding carboxylic acids is 1. The Balaban J connectivity index is 1.76. The van der Waals surface area contributed by atoms with Crippen molar-refractivity contribution in [1.82, 2.24) is 15.0 Å². The summed E-state index contributed by atoms with van der Waals surface area (Å²) in [6, 6.07) is 3.23. The second-order valence-electron chi connectivity index (χ2n) is 8.67. The lowest BCUT2D eigenvalue weighted by molar-refractivity contribution is -0.116. The highest BCUT2D eigenvalue weighted by molar-refractivity contribution is 6.41. The second kappa shape index (κ2) is 12.6. The fourth-order valence-electron chi connectivity index (χ4n) is 4.34. The predicted molar refractivity (Wildman–Crippen MR) is 148 cm³/mol. The van der Waals surface area contributed by atoms with Gasteiger partial charge in [-0.3, -0.25) is 4.79 Å². The van der Waals surface area contributed by atoms with Gasteiger partial charge in [-0.05, 0) is 24.5 Å². The quantitative estimate of drug-likeness (QED) is 0.290. The summed E-state index contributed by atoms with van der Waals surface area (Å²) in [5, 5.41) is 17.1. The standard InChI is InChI=1S/C26H29Cl2N5O5/c1-4-16(35)9-14-5-8-38-13-18(14)32-26-30-12-15-10-17(31-25(24(15)33-26)29-6-7-34)21-22(27)19(36-2)11-20(37-3)23(21)28/h4,10-12,14,18,34H,1,5-9,13H2,2-3H3,(H,29,31)(H,30,32,33)/t14-,18-/m1/s1. The van der Waals surface area contributed by atoms with Crippen LogP contribution >= 0.6 is 23.2 Å². The van der Waals surface area contributed by atoms with Gasteiger partial charge in [0.05, 0.1) is 49.2 Å². The number of aliphatic hydroxyl groups excluding tert-OH is 1. The van der Waals surface area contributed by atoms with E-state index < -0.39 is 0 Å². The number of pyridine rings is 1. The molecule has 10 nitrogen and oxygen atoms in total. The molecule has 12 heteroatoms. The Kier molecular flexibility index (Phi) is 9.22. The molecule has 1 fully saturated rings. The molecular weight excluding hydrogens is 533 g/mol. The molecule has 3 aromatic rings. The average molecular weight is 562 g/mol. The zero-order valence-corrected chi connectivity index (χ0v) is 22.6. The third-order valence-electron chi connectivity index (χ3n) is 6.30. The van der Waals surface area contributed by atoms with Gasteiger partial charge in [0.1, 0.15) is 17.0 Å². The predicted octanol–water partition coefficient (Wildman–Crippen LogP) is 4.38. The lowest BCUT2D eigenvalue weighted by atomic mass is 9.90. The molecule has 0 spiro atoms. The number of nitrogens with zero attached hydrogens (tertiary/aromatic N) is 3. The summed E-state index contributed by atoms with van der Waals surface area (Å²) in [5.74, 6) is 1.58. The molecule has 0 unspecified atom stereocenters. The van der Waals surface area contributed by atoms with Crippen LogP contribution in [0, 0.1) is 5.92 Å². The molecule has 3 heterocycles. The Hall–Kier alpha value is -3.18. The van der Waals surface area contributed by atoms with Crippen LogP contribution in [0.1, 0.15) is 12.8 Å². The number of fused-ring (bicyclic) bond motifs is 1. The minimum absolute atomic E-state index is 0.0122. The van der Waals surface area contributed by atoms with Crippen molar-refractivity contribution in [2.45, 2.75) is 18.9 Å². The Morgan fingerprint density at radius 3 is 2.63 bits per heavy atom. The van der Waals surface area contributed by atoms with Gasteiger partial charge in [-0.15, -0.1) is 0 Å². The first kappa shape index (κ1) is 27.8. The summed E-state index contributed by atoms with van der Waals surface area (Å²) in [5.41, 5.74) is 1.39. The van der Waals surface area contributed by atoms with Gasteiger partial charge >= 0.3 is 0 Å². The van der Waals surface area contributed by atoms with Crippen LogP contribution in [-0.2, 0) is 9.53 Å². The third-order valence-corrected chi connectivity index (χ3v) is 7.06. The van der Waals surface area contributed by atoms with Crippen LogP contribution in [0.3, 0.4) is 0 Å². The second-order valence-corrected chi connectivity index (χ2v) is 9.43. The number of halogens is 2. The van der Waals surface area contributed by atoms with Gasteiger partial charge in [-0.1, -0.05) is 29.8 Å². The number of anilines is 2. The van der Waals surface area contributed by atoms with Crippen molar-refractivity contribution in [1.29, 1.82) is 0 Å². The minimum atomic E-state index is -0.145. The Morgan fingerprint density at radius 2 is 1.97 bits per heavy atom. The van der Waals surface area contributed by atoms with Crippen LogP contribution in [-0.4, -0.2) is 72.5 Å². The van der Waals surface area contributed by atoms with Gasteiger partial charge in [-0.25, -0.2) is 15.0 Å². The summed E-state index contributed by atoms with van der Waals surface area (Å²) < 4.78 is 16.4. The molecule has 0 saturated carbocycles. The molecule has 2 atom stereocenters. The fourth-order valence-corrected chi connectivity index (χ4v) is 5.03. The highest BCUT2D eigenvalue weighted by Gasteiger charge is 2.28. The maximum absolute atomic E-state index is 12.0. The Labute approximate surface area is 230 Å². The number of rotatable bonds is 11. The molecule has 1 aromatic carbocycles. The maximum Gasteiger partial charge on any atom is 0.223 e. The van der Waals surface area contributed by atoms with E-state index in [1.807, 2.05) is 0 Å². The topological polar surface area (TPSA) is 128 Å². The molecule has 3 N–H and O–H groups in total. The van der Waals surface area contributed by atoms with Crippen molar-refractivity contribution in [3.63, 3.8) is 0 Å². The number of carbonyl (C=O) groups is 1. The maximum atomic E-state index is 12.0. The van der Waals surface area contributed by atoms with Crippen molar-refractivity contribution < 1.29 is 24.1 Å². The van der Waals surface area contributed by atoms with Gasteiger partial charge in [0.25, 0.3) is 0 Å². The van der Waals surface area contributed by atoms with E-state index in [0.717, 1.165) is 6.42 Å². The number of hydrogen-bond acceptors (Lipinski definition) is 10. The molecule has 4 rings (SSSR count). The zero-order chi connectivity index (χ0) is 27.2. The molecule has 0 amide bonds. The summed E-state index contributed by atoms with van der Waals surface area (Å²) in [7, 11) is 3.00. The monoisotopic (exact) mass is 561 g/mol. The molecule has 0 bridgehead atoms. The van der Waals surface area contributed by atoms with Gasteiger partial charge in [0, 0.05) is 42.8 Å². The Bertz CT molecular complexity index is 1310. The molecule has 1 aliphatic heterocycles. The molecule has 1 saturated heterocycles. The summed E-state index contributed by atoms with van der Waals surface area (Å²) >= 11 is 13.3. The first-order valence-electron chi connectivity index (χ1n) is 12.0. The fraction of sp³-hybridized carbons (Fsp3) is 0.385. The number of ether oxygens (including phenoxy) is 3. The lowest BCUT2D eigenvalue weighted by Gasteiger charge is -2.31. The van der Waals surface area contributed by atoms with Gasteiger partial charge in [0.15, 0.2) is 11.6 Å². The van der Waals surface area contributed by atoms with Gasteiger partial charge in [-0.2, -0.15) is 0 Å². The van der Waals surface area contributed by atoms with E-state index in [4.69, 9.17) is 47.4 Å². The van der Waals surface area contributed by atoms with Crippen LogP contribution in [0.25, 0.3) is 22.2 Å². The molecule has 38 heavy (non-hydrogen) atoms. The summed E-state index contributed by atoms with van der Waals surface area (Å²) in [6.45, 7) is 4.72. The number of nitrogens with one attached hydrogen (secondary N) is 2. The van der Waals surface area contributed by atoms with E-state index in [2.05, 4.69) is 22.2 Å². The van der Waals surface area contributed by atoms with Crippen LogP contribution in [0.2, 0.25) is 10.0 Å². The molecular formula is C26H29Cl2N5O5. The smallest absolute Gasteiger partial charge is 0.223 e. The van der Waals surface area contributed by atoms with Crippen molar-refractivity contribution in [2.24, 2.45) is 5.92 Å². The highest BCUT2D eigenvalue weighted by Crippen LogP contribution is 2.46. The zero-order valence-electron chi connectivity index (χ0n) is 21.1. The number of aliphatic hydroxyl groups is 1. The summed E-state index contributed by atoms with van der Waals surface area (Å²) in [4.78, 5) is 25.9. The molecule has 202 valence electrons. The number of methoxy groups -OCH3 is 2. The first-order chi connectivity index (χ1) is 18.4. The van der Waals surface area contributed by atoms with E-state index in [9.17, 15) is 9.90 Å². The van der Waals surface area contributed by atoms with Gasteiger partial charge in [0.2, 0.25) is 5.95 Å². The normalized spacial score (nSPS) is 17.2.